The molecule has 0 bridgehead atoms. The number of carboxylic acid groups (broad SMARTS) is 1. The number of amides is 1. The summed E-state index contributed by atoms with van der Waals surface area (Å²) in [6.07, 6.45) is -1.74. The molecule has 1 aromatic carbocycles. The van der Waals surface area contributed by atoms with Gasteiger partial charge in [-0.15, -0.1) is 0 Å². The molecular formula is C13H11NO7. The normalized spacial score (nSPS) is 17.2. The molecule has 2 rings (SSSR count). The van der Waals surface area contributed by atoms with Gasteiger partial charge in [-0.2, -0.15) is 0 Å². The van der Waals surface area contributed by atoms with E-state index in [4.69, 9.17) is 5.11 Å². The second kappa shape index (κ2) is 6.04. The smallest absolute Gasteiger partial charge is 0.421 e. The zero-order valence-corrected chi connectivity index (χ0v) is 10.7. The number of rotatable bonds is 3. The summed E-state index contributed by atoms with van der Waals surface area (Å²) in [5.41, 5.74) is 0.159. The van der Waals surface area contributed by atoms with Crippen molar-refractivity contribution in [1.82, 2.24) is 4.90 Å². The maximum absolute atomic E-state index is 11.8. The maximum Gasteiger partial charge on any atom is 0.421 e. The van der Waals surface area contributed by atoms with E-state index >= 15 is 0 Å². The number of aliphatic carboxylic acids is 1. The Morgan fingerprint density at radius 1 is 1.29 bits per heavy atom. The number of carboxylic acids is 1. The van der Waals surface area contributed by atoms with Gasteiger partial charge in [-0.05, 0) is 12.1 Å². The average Bonchev–Trinajstić information content (AvgIpc) is 2.80. The van der Waals surface area contributed by atoms with Gasteiger partial charge in [0.25, 0.3) is 0 Å². The lowest BCUT2D eigenvalue weighted by atomic mass is 10.2. The lowest BCUT2D eigenvalue weighted by molar-refractivity contribution is -0.144. The standard InChI is InChI=1S/C13H11NO7/c15-10(16)6-9-12(18)20-7-14(9)13(19)21-11(17)8-4-2-1-3-5-8/h1-5,9H,6-7H2,(H,15,16)/t9-/m0/s1. The van der Waals surface area contributed by atoms with Gasteiger partial charge in [-0.3, -0.25) is 9.69 Å². The summed E-state index contributed by atoms with van der Waals surface area (Å²) in [5, 5.41) is 8.70. The topological polar surface area (TPSA) is 110 Å². The summed E-state index contributed by atoms with van der Waals surface area (Å²) >= 11 is 0. The number of carbonyl (C=O) groups excluding carboxylic acids is 3. The van der Waals surface area contributed by atoms with Crippen LogP contribution in [0.2, 0.25) is 0 Å². The van der Waals surface area contributed by atoms with Gasteiger partial charge in [-0.25, -0.2) is 14.4 Å². The number of ether oxygens (including phenoxy) is 2. The van der Waals surface area contributed by atoms with Crippen molar-refractivity contribution >= 4 is 24.0 Å². The molecule has 1 aliphatic rings. The summed E-state index contributed by atoms with van der Waals surface area (Å²) < 4.78 is 9.20. The van der Waals surface area contributed by atoms with Crippen molar-refractivity contribution in [2.45, 2.75) is 12.5 Å². The highest BCUT2D eigenvalue weighted by Crippen LogP contribution is 2.16. The zero-order valence-electron chi connectivity index (χ0n) is 10.7. The van der Waals surface area contributed by atoms with Crippen molar-refractivity contribution in [3.8, 4) is 0 Å². The van der Waals surface area contributed by atoms with Gasteiger partial charge in [0.1, 0.15) is 6.04 Å². The number of carbonyl (C=O) groups is 4. The minimum absolute atomic E-state index is 0.159. The van der Waals surface area contributed by atoms with Crippen molar-refractivity contribution in [1.29, 1.82) is 0 Å². The number of hydrogen-bond acceptors (Lipinski definition) is 6. The van der Waals surface area contributed by atoms with Crippen molar-refractivity contribution in [3.63, 3.8) is 0 Å². The molecule has 1 atom stereocenters. The third-order valence-corrected chi connectivity index (χ3v) is 2.79. The zero-order chi connectivity index (χ0) is 15.4. The van der Waals surface area contributed by atoms with E-state index in [1.54, 1.807) is 18.2 Å². The second-order valence-corrected chi connectivity index (χ2v) is 4.20. The number of nitrogens with zero attached hydrogens (tertiary/aromatic N) is 1. The molecule has 0 radical (unpaired) electrons. The molecule has 1 saturated heterocycles. The van der Waals surface area contributed by atoms with Gasteiger partial charge in [0.2, 0.25) is 0 Å². The summed E-state index contributed by atoms with van der Waals surface area (Å²) in [6.45, 7) is -0.447. The van der Waals surface area contributed by atoms with Gasteiger partial charge >= 0.3 is 24.0 Å². The van der Waals surface area contributed by atoms with E-state index in [-0.39, 0.29) is 5.56 Å². The Hall–Kier alpha value is -2.90. The fraction of sp³-hybridized carbons (Fsp3) is 0.231. The van der Waals surface area contributed by atoms with Gasteiger partial charge in [-0.1, -0.05) is 18.2 Å². The monoisotopic (exact) mass is 293 g/mol. The Morgan fingerprint density at radius 2 is 1.95 bits per heavy atom. The van der Waals surface area contributed by atoms with Crippen molar-refractivity contribution in [2.24, 2.45) is 0 Å². The van der Waals surface area contributed by atoms with Crippen LogP contribution in [-0.2, 0) is 19.1 Å². The Balaban J connectivity index is 2.04. The largest absolute Gasteiger partial charge is 0.481 e. The molecule has 1 aliphatic heterocycles. The summed E-state index contributed by atoms with van der Waals surface area (Å²) in [4.78, 5) is 46.3. The minimum Gasteiger partial charge on any atom is -0.481 e. The van der Waals surface area contributed by atoms with Crippen LogP contribution in [0.1, 0.15) is 16.8 Å². The first kappa shape index (κ1) is 14.5. The van der Waals surface area contributed by atoms with Crippen LogP contribution in [0.5, 0.6) is 0 Å². The van der Waals surface area contributed by atoms with E-state index in [0.29, 0.717) is 0 Å². The molecule has 8 heteroatoms. The Kier molecular flexibility index (Phi) is 4.17. The molecule has 1 heterocycles. The number of esters is 2. The van der Waals surface area contributed by atoms with Crippen LogP contribution in [0.4, 0.5) is 4.79 Å². The van der Waals surface area contributed by atoms with Crippen LogP contribution < -0.4 is 0 Å². The van der Waals surface area contributed by atoms with Gasteiger partial charge in [0.15, 0.2) is 6.73 Å². The molecule has 1 aromatic rings. The summed E-state index contributed by atoms with van der Waals surface area (Å²) in [6, 6.07) is 6.49. The first-order chi connectivity index (χ1) is 9.99. The third-order valence-electron chi connectivity index (χ3n) is 2.79. The van der Waals surface area contributed by atoms with Crippen LogP contribution >= 0.6 is 0 Å². The fourth-order valence-electron chi connectivity index (χ4n) is 1.76. The molecule has 0 unspecified atom stereocenters. The molecule has 0 aliphatic carbocycles. The van der Waals surface area contributed by atoms with E-state index in [0.717, 1.165) is 4.90 Å². The quantitative estimate of drug-likeness (QED) is 0.642. The van der Waals surface area contributed by atoms with E-state index in [1.165, 1.54) is 12.1 Å². The second-order valence-electron chi connectivity index (χ2n) is 4.20. The molecule has 1 N–H and O–H groups in total. The highest BCUT2D eigenvalue weighted by molar-refractivity contribution is 5.97. The van der Waals surface area contributed by atoms with Crippen LogP contribution in [-0.4, -0.2) is 46.8 Å². The van der Waals surface area contributed by atoms with Crippen LogP contribution in [0.25, 0.3) is 0 Å². The predicted molar refractivity (Wildman–Crippen MR) is 66.1 cm³/mol. The van der Waals surface area contributed by atoms with Crippen LogP contribution in [0.3, 0.4) is 0 Å². The van der Waals surface area contributed by atoms with Gasteiger partial charge in [0, 0.05) is 0 Å². The lowest BCUT2D eigenvalue weighted by Gasteiger charge is -2.17. The fourth-order valence-corrected chi connectivity index (χ4v) is 1.76. The van der Waals surface area contributed by atoms with Crippen molar-refractivity contribution in [2.75, 3.05) is 6.73 Å². The molecular weight excluding hydrogens is 282 g/mol. The van der Waals surface area contributed by atoms with E-state index < -0.39 is 43.2 Å². The van der Waals surface area contributed by atoms with Gasteiger partial charge in [0.05, 0.1) is 12.0 Å². The molecule has 0 spiro atoms. The first-order valence-electron chi connectivity index (χ1n) is 5.95. The van der Waals surface area contributed by atoms with E-state index in [2.05, 4.69) is 9.47 Å². The lowest BCUT2D eigenvalue weighted by Crippen LogP contribution is -2.40. The first-order valence-corrected chi connectivity index (χ1v) is 5.95. The Labute approximate surface area is 118 Å². The average molecular weight is 293 g/mol. The molecule has 1 fully saturated rings. The van der Waals surface area contributed by atoms with Crippen LogP contribution in [0.15, 0.2) is 30.3 Å². The third kappa shape index (κ3) is 3.35. The van der Waals surface area contributed by atoms with Crippen molar-refractivity contribution in [3.05, 3.63) is 35.9 Å². The maximum atomic E-state index is 11.8. The highest BCUT2D eigenvalue weighted by Gasteiger charge is 2.40. The SMILES string of the molecule is O=C(O)C[C@H]1C(=O)OCN1C(=O)OC(=O)c1ccccc1. The van der Waals surface area contributed by atoms with Gasteiger partial charge < -0.3 is 14.6 Å². The Bertz CT molecular complexity index is 583. The van der Waals surface area contributed by atoms with E-state index in [1.807, 2.05) is 0 Å². The molecule has 110 valence electrons. The van der Waals surface area contributed by atoms with E-state index in [9.17, 15) is 19.2 Å². The van der Waals surface area contributed by atoms with Crippen LogP contribution in [0, 0.1) is 0 Å². The highest BCUT2D eigenvalue weighted by atomic mass is 16.6. The Morgan fingerprint density at radius 3 is 2.57 bits per heavy atom. The molecule has 8 nitrogen and oxygen atoms in total. The summed E-state index contributed by atoms with van der Waals surface area (Å²) in [5.74, 6) is -3.01. The minimum atomic E-state index is -1.29. The number of benzene rings is 1. The van der Waals surface area contributed by atoms with Crippen molar-refractivity contribution < 1.29 is 33.8 Å². The number of cyclic esters (lactones) is 1. The number of hydrogen-bond donors (Lipinski definition) is 1. The summed E-state index contributed by atoms with van der Waals surface area (Å²) in [7, 11) is 0. The molecule has 21 heavy (non-hydrogen) atoms. The predicted octanol–water partition coefficient (Wildman–Crippen LogP) is 0.623. The molecule has 0 aromatic heterocycles. The molecule has 1 amide bonds. The molecule has 0 saturated carbocycles.